The Labute approximate surface area is 111 Å². The zero-order chi connectivity index (χ0) is 13.8. The Morgan fingerprint density at radius 3 is 2.56 bits per heavy atom. The van der Waals surface area contributed by atoms with Crippen molar-refractivity contribution in [3.8, 4) is 5.75 Å². The highest BCUT2D eigenvalue weighted by Crippen LogP contribution is 2.36. The summed E-state index contributed by atoms with van der Waals surface area (Å²) in [7, 11) is 1.16. The Balaban J connectivity index is 3.07. The molecule has 0 bridgehead atoms. The van der Waals surface area contributed by atoms with E-state index in [9.17, 15) is 18.0 Å². The molecule has 0 N–H and O–H groups in total. The van der Waals surface area contributed by atoms with Crippen molar-refractivity contribution in [1.82, 2.24) is 0 Å². The first-order valence-electron chi connectivity index (χ1n) is 5.24. The van der Waals surface area contributed by atoms with Crippen LogP contribution in [0.2, 0.25) is 0 Å². The number of carbonyl (C=O) groups is 1. The van der Waals surface area contributed by atoms with Crippen LogP contribution in [0, 0.1) is 0 Å². The maximum absolute atomic E-state index is 12.7. The monoisotopic (exact) mass is 324 g/mol. The summed E-state index contributed by atoms with van der Waals surface area (Å²) in [5.74, 6) is -0.581. The fourth-order valence-corrected chi connectivity index (χ4v) is 1.76. The minimum atomic E-state index is -4.53. The molecule has 0 heterocycles. The molecule has 0 atom stereocenters. The van der Waals surface area contributed by atoms with E-state index in [4.69, 9.17) is 0 Å². The van der Waals surface area contributed by atoms with E-state index in [2.05, 4.69) is 20.7 Å². The molecule has 0 aliphatic rings. The van der Waals surface area contributed by atoms with Gasteiger partial charge in [-0.05, 0) is 24.6 Å². The molecule has 18 heavy (non-hydrogen) atoms. The normalized spacial score (nSPS) is 11.4. The molecule has 0 amide bonds. The van der Waals surface area contributed by atoms with E-state index in [1.807, 2.05) is 0 Å². The molecular weight excluding hydrogens is 313 g/mol. The van der Waals surface area contributed by atoms with E-state index >= 15 is 0 Å². The fraction of sp³-hybridized carbons (Fsp3) is 0.417. The third-order valence-electron chi connectivity index (χ3n) is 2.36. The summed E-state index contributed by atoms with van der Waals surface area (Å²) in [5.41, 5.74) is -0.862. The van der Waals surface area contributed by atoms with Crippen LogP contribution in [0.5, 0.6) is 5.75 Å². The fourth-order valence-electron chi connectivity index (χ4n) is 1.47. The van der Waals surface area contributed by atoms with Crippen LogP contribution in [0.3, 0.4) is 0 Å². The van der Waals surface area contributed by atoms with Crippen molar-refractivity contribution in [3.05, 3.63) is 29.3 Å². The highest BCUT2D eigenvalue weighted by molar-refractivity contribution is 9.09. The van der Waals surface area contributed by atoms with Crippen molar-refractivity contribution < 1.29 is 22.7 Å². The minimum absolute atomic E-state index is 0.0593. The maximum Gasteiger partial charge on any atom is 0.419 e. The SMILES string of the molecule is COc1ccc(C(=O)CCCBr)cc1C(F)(F)F. The van der Waals surface area contributed by atoms with E-state index < -0.39 is 11.7 Å². The first-order valence-corrected chi connectivity index (χ1v) is 6.36. The third-order valence-corrected chi connectivity index (χ3v) is 2.93. The molecule has 100 valence electrons. The molecule has 1 rings (SSSR count). The number of Topliss-reactive ketones (excluding diaryl/α,β-unsaturated/α-hetero) is 1. The molecule has 0 radical (unpaired) electrons. The van der Waals surface area contributed by atoms with Gasteiger partial charge in [0.15, 0.2) is 5.78 Å². The number of ketones is 1. The molecular formula is C12H12BrF3O2. The largest absolute Gasteiger partial charge is 0.496 e. The summed E-state index contributed by atoms with van der Waals surface area (Å²) in [4.78, 5) is 11.7. The van der Waals surface area contributed by atoms with Crippen LogP contribution in [0.1, 0.15) is 28.8 Å². The molecule has 1 aromatic carbocycles. The molecule has 1 aromatic rings. The lowest BCUT2D eigenvalue weighted by Crippen LogP contribution is -2.10. The molecule has 6 heteroatoms. The van der Waals surface area contributed by atoms with Gasteiger partial charge < -0.3 is 4.74 Å². The van der Waals surface area contributed by atoms with Crippen LogP contribution in [-0.2, 0) is 6.18 Å². The first-order chi connectivity index (χ1) is 8.40. The Hall–Kier alpha value is -1.04. The predicted molar refractivity (Wildman–Crippen MR) is 65.4 cm³/mol. The van der Waals surface area contributed by atoms with E-state index in [1.165, 1.54) is 12.1 Å². The maximum atomic E-state index is 12.7. The number of benzene rings is 1. The van der Waals surface area contributed by atoms with E-state index in [0.29, 0.717) is 11.8 Å². The van der Waals surface area contributed by atoms with Gasteiger partial charge in [-0.1, -0.05) is 15.9 Å². The van der Waals surface area contributed by atoms with Crippen molar-refractivity contribution in [1.29, 1.82) is 0 Å². The zero-order valence-electron chi connectivity index (χ0n) is 9.68. The van der Waals surface area contributed by atoms with Crippen molar-refractivity contribution in [2.75, 3.05) is 12.4 Å². The van der Waals surface area contributed by atoms with Crippen molar-refractivity contribution >= 4 is 21.7 Å². The van der Waals surface area contributed by atoms with E-state index in [-0.39, 0.29) is 23.5 Å². The molecule has 0 aromatic heterocycles. The van der Waals surface area contributed by atoms with Crippen LogP contribution >= 0.6 is 15.9 Å². The highest BCUT2D eigenvalue weighted by Gasteiger charge is 2.34. The number of alkyl halides is 4. The topological polar surface area (TPSA) is 26.3 Å². The summed E-state index contributed by atoms with van der Waals surface area (Å²) in [5, 5.41) is 0.640. The summed E-state index contributed by atoms with van der Waals surface area (Å²) in [6, 6.07) is 3.37. The Morgan fingerprint density at radius 1 is 1.39 bits per heavy atom. The quantitative estimate of drug-likeness (QED) is 0.602. The van der Waals surface area contributed by atoms with Gasteiger partial charge in [0.2, 0.25) is 0 Å². The van der Waals surface area contributed by atoms with Gasteiger partial charge in [0.25, 0.3) is 0 Å². The lowest BCUT2D eigenvalue weighted by atomic mass is 10.0. The molecule has 0 saturated carbocycles. The minimum Gasteiger partial charge on any atom is -0.496 e. The summed E-state index contributed by atoms with van der Waals surface area (Å²) >= 11 is 3.17. The number of hydrogen-bond donors (Lipinski definition) is 0. The second kappa shape index (κ2) is 6.22. The van der Waals surface area contributed by atoms with Crippen molar-refractivity contribution in [2.45, 2.75) is 19.0 Å². The van der Waals surface area contributed by atoms with Gasteiger partial charge in [0.05, 0.1) is 12.7 Å². The lowest BCUT2D eigenvalue weighted by molar-refractivity contribution is -0.138. The Bertz CT molecular complexity index is 430. The second-order valence-corrected chi connectivity index (χ2v) is 4.42. The van der Waals surface area contributed by atoms with Crippen molar-refractivity contribution in [3.63, 3.8) is 0 Å². The summed E-state index contributed by atoms with van der Waals surface area (Å²) < 4.78 is 42.8. The molecule has 0 saturated heterocycles. The van der Waals surface area contributed by atoms with Gasteiger partial charge in [0, 0.05) is 17.3 Å². The van der Waals surface area contributed by atoms with Crippen LogP contribution in [0.4, 0.5) is 13.2 Å². The van der Waals surface area contributed by atoms with Gasteiger partial charge in [-0.3, -0.25) is 4.79 Å². The van der Waals surface area contributed by atoms with Crippen LogP contribution in [0.15, 0.2) is 18.2 Å². The lowest BCUT2D eigenvalue weighted by Gasteiger charge is -2.13. The Morgan fingerprint density at radius 2 is 2.06 bits per heavy atom. The smallest absolute Gasteiger partial charge is 0.419 e. The van der Waals surface area contributed by atoms with Gasteiger partial charge in [-0.15, -0.1) is 0 Å². The summed E-state index contributed by atoms with van der Waals surface area (Å²) in [6.45, 7) is 0. The van der Waals surface area contributed by atoms with Crippen LogP contribution in [0.25, 0.3) is 0 Å². The van der Waals surface area contributed by atoms with Crippen LogP contribution < -0.4 is 4.74 Å². The molecule has 0 aliphatic carbocycles. The molecule has 0 unspecified atom stereocenters. The average Bonchev–Trinajstić information content (AvgIpc) is 2.34. The van der Waals surface area contributed by atoms with Gasteiger partial charge in [0.1, 0.15) is 5.75 Å². The number of methoxy groups -OCH3 is 1. The first kappa shape index (κ1) is 15.0. The number of ether oxygens (including phenoxy) is 1. The third kappa shape index (κ3) is 3.73. The molecule has 0 fully saturated rings. The van der Waals surface area contributed by atoms with Crippen molar-refractivity contribution in [2.24, 2.45) is 0 Å². The average molecular weight is 325 g/mol. The van der Waals surface area contributed by atoms with Gasteiger partial charge in [-0.25, -0.2) is 0 Å². The standard InChI is InChI=1S/C12H12BrF3O2/c1-18-11-5-4-8(10(17)3-2-6-13)7-9(11)12(14,15)16/h4-5,7H,2-3,6H2,1H3. The van der Waals surface area contributed by atoms with E-state index in [0.717, 1.165) is 13.2 Å². The second-order valence-electron chi connectivity index (χ2n) is 3.63. The zero-order valence-corrected chi connectivity index (χ0v) is 11.3. The Kier molecular flexibility index (Phi) is 5.19. The number of rotatable bonds is 5. The number of halogens is 4. The van der Waals surface area contributed by atoms with E-state index in [1.54, 1.807) is 0 Å². The predicted octanol–water partition coefficient (Wildman–Crippen LogP) is 4.07. The summed E-state index contributed by atoms with van der Waals surface area (Å²) in [6.07, 6.45) is -3.72. The van der Waals surface area contributed by atoms with Gasteiger partial charge in [-0.2, -0.15) is 13.2 Å². The molecule has 2 nitrogen and oxygen atoms in total. The van der Waals surface area contributed by atoms with Crippen LogP contribution in [-0.4, -0.2) is 18.2 Å². The number of hydrogen-bond acceptors (Lipinski definition) is 2. The molecule has 0 aliphatic heterocycles. The molecule has 0 spiro atoms. The van der Waals surface area contributed by atoms with Gasteiger partial charge >= 0.3 is 6.18 Å². The highest BCUT2D eigenvalue weighted by atomic mass is 79.9. The number of carbonyl (C=O) groups excluding carboxylic acids is 1.